The summed E-state index contributed by atoms with van der Waals surface area (Å²) in [6.45, 7) is 2.22. The molecule has 0 bridgehead atoms. The summed E-state index contributed by atoms with van der Waals surface area (Å²) < 4.78 is 10.7. The molecule has 1 aromatic heterocycles. The van der Waals surface area contributed by atoms with E-state index >= 15 is 0 Å². The van der Waals surface area contributed by atoms with Gasteiger partial charge in [0.1, 0.15) is 11.5 Å². The Balaban J connectivity index is 0.000000527. The number of ether oxygens (including phenoxy) is 1. The molecule has 10 heteroatoms. The number of nitro groups is 1. The number of rotatable bonds is 9. The van der Waals surface area contributed by atoms with E-state index in [4.69, 9.17) is 29.0 Å². The topological polar surface area (TPSA) is 152 Å². The van der Waals surface area contributed by atoms with Gasteiger partial charge in [0.2, 0.25) is 0 Å². The zero-order chi connectivity index (χ0) is 20.1. The highest BCUT2D eigenvalue weighted by molar-refractivity contribution is 6.27. The molecule has 0 aliphatic rings. The summed E-state index contributed by atoms with van der Waals surface area (Å²) in [7, 11) is 0. The van der Waals surface area contributed by atoms with Crippen molar-refractivity contribution in [3.63, 3.8) is 0 Å². The van der Waals surface area contributed by atoms with Gasteiger partial charge in [-0.1, -0.05) is 0 Å². The molecule has 0 aliphatic heterocycles. The maximum Gasteiger partial charge on any atom is 0.414 e. The fraction of sp³-hybridized carbons (Fsp3) is 0.294. The number of carboxylic acids is 2. The monoisotopic (exact) mass is 380 g/mol. The number of nitro benzene ring substituents is 1. The first-order chi connectivity index (χ1) is 12.9. The number of carboxylic acid groups (broad SMARTS) is 2. The zero-order valence-corrected chi connectivity index (χ0v) is 14.4. The minimum atomic E-state index is -1.82. The number of unbranched alkanes of at least 4 members (excludes halogenated alkanes) is 1. The highest BCUT2D eigenvalue weighted by Crippen LogP contribution is 2.17. The fourth-order valence-corrected chi connectivity index (χ4v) is 1.83. The molecule has 0 saturated carbocycles. The predicted octanol–water partition coefficient (Wildman–Crippen LogP) is 2.29. The Kier molecular flexibility index (Phi) is 9.65. The van der Waals surface area contributed by atoms with Crippen LogP contribution in [-0.4, -0.2) is 40.2 Å². The first-order valence-corrected chi connectivity index (χ1v) is 7.96. The van der Waals surface area contributed by atoms with Crippen LogP contribution in [0.15, 0.2) is 47.1 Å². The summed E-state index contributed by atoms with van der Waals surface area (Å²) in [6, 6.07) is 9.93. The van der Waals surface area contributed by atoms with Gasteiger partial charge in [-0.15, -0.1) is 0 Å². The lowest BCUT2D eigenvalue weighted by Crippen LogP contribution is -2.15. The van der Waals surface area contributed by atoms with Gasteiger partial charge >= 0.3 is 11.9 Å². The molecule has 0 amide bonds. The van der Waals surface area contributed by atoms with Gasteiger partial charge in [0.25, 0.3) is 5.69 Å². The number of non-ortho nitro benzene ring substituents is 1. The lowest BCUT2D eigenvalue weighted by Gasteiger charge is -2.06. The fourth-order valence-electron chi connectivity index (χ4n) is 1.83. The summed E-state index contributed by atoms with van der Waals surface area (Å²) in [5, 5.41) is 28.6. The van der Waals surface area contributed by atoms with E-state index in [0.717, 1.165) is 31.7 Å². The SMILES string of the molecule is O=C(O)C(=O)O.O=[N+]([O-])c1ccc(OCCCCNCc2ccco2)cc1. The molecule has 1 heterocycles. The van der Waals surface area contributed by atoms with Crippen LogP contribution in [0, 0.1) is 10.1 Å². The van der Waals surface area contributed by atoms with Gasteiger partial charge in [0, 0.05) is 12.1 Å². The van der Waals surface area contributed by atoms with E-state index in [2.05, 4.69) is 5.32 Å². The first-order valence-electron chi connectivity index (χ1n) is 7.96. The van der Waals surface area contributed by atoms with Gasteiger partial charge in [-0.05, 0) is 43.7 Å². The van der Waals surface area contributed by atoms with Crippen LogP contribution in [0.1, 0.15) is 18.6 Å². The molecule has 0 radical (unpaired) electrons. The molecular formula is C17H20N2O8. The summed E-state index contributed by atoms with van der Waals surface area (Å²) in [5.74, 6) is -2.06. The van der Waals surface area contributed by atoms with Crippen LogP contribution in [0.25, 0.3) is 0 Å². The molecule has 146 valence electrons. The van der Waals surface area contributed by atoms with Crippen molar-refractivity contribution in [1.29, 1.82) is 0 Å². The molecule has 1 aromatic carbocycles. The third-order valence-electron chi connectivity index (χ3n) is 3.13. The van der Waals surface area contributed by atoms with Crippen LogP contribution in [0.3, 0.4) is 0 Å². The molecule has 0 fully saturated rings. The minimum absolute atomic E-state index is 0.0736. The smallest absolute Gasteiger partial charge is 0.414 e. The maximum absolute atomic E-state index is 10.5. The van der Waals surface area contributed by atoms with Crippen LogP contribution in [0.4, 0.5) is 5.69 Å². The third-order valence-corrected chi connectivity index (χ3v) is 3.13. The van der Waals surface area contributed by atoms with Gasteiger partial charge in [-0.2, -0.15) is 0 Å². The second-order valence-corrected chi connectivity index (χ2v) is 5.17. The van der Waals surface area contributed by atoms with Crippen LogP contribution in [0.2, 0.25) is 0 Å². The number of benzene rings is 1. The highest BCUT2D eigenvalue weighted by Gasteiger charge is 2.04. The second kappa shape index (κ2) is 12.0. The number of hydrogen-bond donors (Lipinski definition) is 3. The third kappa shape index (κ3) is 9.60. The van der Waals surface area contributed by atoms with Gasteiger partial charge in [0.05, 0.1) is 24.3 Å². The van der Waals surface area contributed by atoms with Crippen molar-refractivity contribution in [1.82, 2.24) is 5.32 Å². The number of furan rings is 1. The molecule has 27 heavy (non-hydrogen) atoms. The van der Waals surface area contributed by atoms with E-state index in [1.54, 1.807) is 18.4 Å². The molecule has 0 aliphatic carbocycles. The summed E-state index contributed by atoms with van der Waals surface area (Å²) in [5.41, 5.74) is 0.0736. The second-order valence-electron chi connectivity index (χ2n) is 5.17. The van der Waals surface area contributed by atoms with Crippen molar-refractivity contribution in [2.75, 3.05) is 13.2 Å². The first kappa shape index (κ1) is 21.6. The number of nitrogens with zero attached hydrogens (tertiary/aromatic N) is 1. The average molecular weight is 380 g/mol. The van der Waals surface area contributed by atoms with E-state index in [0.29, 0.717) is 12.4 Å². The normalized spacial score (nSPS) is 9.78. The molecule has 0 atom stereocenters. The number of nitrogens with one attached hydrogen (secondary N) is 1. The van der Waals surface area contributed by atoms with Crippen LogP contribution in [0.5, 0.6) is 5.75 Å². The molecule has 0 unspecified atom stereocenters. The molecule has 2 aromatic rings. The maximum atomic E-state index is 10.5. The molecule has 0 saturated heterocycles. The van der Waals surface area contributed by atoms with Gasteiger partial charge < -0.3 is 24.7 Å². The summed E-state index contributed by atoms with van der Waals surface area (Å²) in [6.07, 6.45) is 3.57. The summed E-state index contributed by atoms with van der Waals surface area (Å²) in [4.78, 5) is 28.3. The van der Waals surface area contributed by atoms with Gasteiger partial charge in [0.15, 0.2) is 0 Å². The van der Waals surface area contributed by atoms with Gasteiger partial charge in [-0.3, -0.25) is 10.1 Å². The Labute approximate surface area is 154 Å². The Morgan fingerprint density at radius 1 is 1.11 bits per heavy atom. The van der Waals surface area contributed by atoms with E-state index in [9.17, 15) is 10.1 Å². The lowest BCUT2D eigenvalue weighted by molar-refractivity contribution is -0.384. The van der Waals surface area contributed by atoms with Crippen molar-refractivity contribution in [2.45, 2.75) is 19.4 Å². The molecule has 2 rings (SSSR count). The predicted molar refractivity (Wildman–Crippen MR) is 93.5 cm³/mol. The largest absolute Gasteiger partial charge is 0.494 e. The van der Waals surface area contributed by atoms with E-state index in [1.807, 2.05) is 12.1 Å². The van der Waals surface area contributed by atoms with Crippen LogP contribution < -0.4 is 10.1 Å². The van der Waals surface area contributed by atoms with Crippen molar-refractivity contribution in [3.05, 3.63) is 58.5 Å². The Morgan fingerprint density at radius 2 is 1.78 bits per heavy atom. The zero-order valence-electron chi connectivity index (χ0n) is 14.4. The van der Waals surface area contributed by atoms with Crippen molar-refractivity contribution < 1.29 is 33.9 Å². The Morgan fingerprint density at radius 3 is 2.30 bits per heavy atom. The number of aliphatic carboxylic acids is 2. The molecule has 0 spiro atoms. The van der Waals surface area contributed by atoms with Crippen molar-refractivity contribution >= 4 is 17.6 Å². The van der Waals surface area contributed by atoms with Crippen LogP contribution in [-0.2, 0) is 16.1 Å². The van der Waals surface area contributed by atoms with E-state index in [1.165, 1.54) is 12.1 Å². The quantitative estimate of drug-likeness (QED) is 0.257. The Hall–Kier alpha value is -3.40. The molecular weight excluding hydrogens is 360 g/mol. The summed E-state index contributed by atoms with van der Waals surface area (Å²) >= 11 is 0. The lowest BCUT2D eigenvalue weighted by atomic mass is 10.3. The number of hydrogen-bond acceptors (Lipinski definition) is 7. The number of carbonyl (C=O) groups is 2. The Bertz CT molecular complexity index is 701. The minimum Gasteiger partial charge on any atom is -0.494 e. The average Bonchev–Trinajstić information content (AvgIpc) is 3.15. The van der Waals surface area contributed by atoms with Crippen molar-refractivity contribution in [2.24, 2.45) is 0 Å². The molecule has 10 nitrogen and oxygen atoms in total. The van der Waals surface area contributed by atoms with Crippen molar-refractivity contribution in [3.8, 4) is 5.75 Å². The van der Waals surface area contributed by atoms with E-state index in [-0.39, 0.29) is 5.69 Å². The van der Waals surface area contributed by atoms with E-state index < -0.39 is 16.9 Å². The highest BCUT2D eigenvalue weighted by atomic mass is 16.6. The van der Waals surface area contributed by atoms with Gasteiger partial charge in [-0.25, -0.2) is 9.59 Å². The standard InChI is InChI=1S/C15H18N2O4.C2H2O4/c18-17(19)13-5-7-14(8-6-13)20-10-2-1-9-16-12-15-4-3-11-21-15;3-1(4)2(5)6/h3-8,11,16H,1-2,9-10,12H2;(H,3,4)(H,5,6). The molecule has 3 N–H and O–H groups in total. The van der Waals surface area contributed by atoms with Crippen LogP contribution >= 0.6 is 0 Å².